The minimum absolute atomic E-state index is 0.0314. The molecular weight excluding hydrogens is 274 g/mol. The summed E-state index contributed by atoms with van der Waals surface area (Å²) >= 11 is 8.89. The number of hydrogen-bond acceptors (Lipinski definition) is 1. The van der Waals surface area contributed by atoms with E-state index >= 15 is 0 Å². The Morgan fingerprint density at radius 2 is 2.21 bits per heavy atom. The average Bonchev–Trinajstić information content (AvgIpc) is 2.10. The van der Waals surface area contributed by atoms with Gasteiger partial charge in [0.1, 0.15) is 5.82 Å². The number of rotatable bonds is 3. The van der Waals surface area contributed by atoms with E-state index in [0.29, 0.717) is 10.9 Å². The lowest BCUT2D eigenvalue weighted by Gasteiger charge is -2.05. The van der Waals surface area contributed by atoms with Crippen LogP contribution in [0.3, 0.4) is 0 Å². The Bertz CT molecular complexity index is 345. The topological polar surface area (TPSA) is 37.3 Å². The van der Waals surface area contributed by atoms with Crippen LogP contribution in [0.2, 0.25) is 5.02 Å². The predicted octanol–water partition coefficient (Wildman–Crippen LogP) is 3.00. The van der Waals surface area contributed by atoms with Crippen LogP contribution in [-0.4, -0.2) is 11.1 Å². The van der Waals surface area contributed by atoms with Gasteiger partial charge in [-0.3, -0.25) is 4.79 Å². The zero-order valence-electron chi connectivity index (χ0n) is 7.06. The second-order valence-electron chi connectivity index (χ2n) is 2.74. The van der Waals surface area contributed by atoms with Crippen molar-refractivity contribution >= 4 is 33.5 Å². The molecule has 1 N–H and O–H groups in total. The molecule has 14 heavy (non-hydrogen) atoms. The van der Waals surface area contributed by atoms with Crippen molar-refractivity contribution in [2.75, 3.05) is 0 Å². The molecule has 0 atom stereocenters. The molecule has 0 amide bonds. The SMILES string of the molecule is O=C(O)Cc1c(F)cc(CBr)cc1Cl. The van der Waals surface area contributed by atoms with Crippen LogP contribution in [0.4, 0.5) is 4.39 Å². The maximum absolute atomic E-state index is 13.3. The monoisotopic (exact) mass is 280 g/mol. The van der Waals surface area contributed by atoms with Gasteiger partial charge in [0.2, 0.25) is 0 Å². The van der Waals surface area contributed by atoms with Gasteiger partial charge in [0.15, 0.2) is 0 Å². The summed E-state index contributed by atoms with van der Waals surface area (Å²) in [6.45, 7) is 0. The number of benzene rings is 1. The molecule has 76 valence electrons. The summed E-state index contributed by atoms with van der Waals surface area (Å²) in [5.74, 6) is -1.67. The summed E-state index contributed by atoms with van der Waals surface area (Å²) in [7, 11) is 0. The van der Waals surface area contributed by atoms with Gasteiger partial charge in [0.05, 0.1) is 6.42 Å². The van der Waals surface area contributed by atoms with E-state index in [-0.39, 0.29) is 10.6 Å². The van der Waals surface area contributed by atoms with Crippen molar-refractivity contribution in [1.82, 2.24) is 0 Å². The second-order valence-corrected chi connectivity index (χ2v) is 3.71. The quantitative estimate of drug-likeness (QED) is 0.865. The fraction of sp³-hybridized carbons (Fsp3) is 0.222. The molecule has 0 saturated heterocycles. The molecule has 2 nitrogen and oxygen atoms in total. The molecule has 1 aromatic rings. The standard InChI is InChI=1S/C9H7BrClFO2/c10-4-5-1-7(11)6(3-9(13)14)8(12)2-5/h1-2H,3-4H2,(H,13,14). The average molecular weight is 282 g/mol. The van der Waals surface area contributed by atoms with Crippen molar-refractivity contribution in [2.24, 2.45) is 0 Å². The van der Waals surface area contributed by atoms with Crippen LogP contribution in [0.25, 0.3) is 0 Å². The Kier molecular flexibility index (Phi) is 3.89. The smallest absolute Gasteiger partial charge is 0.307 e. The number of halogens is 3. The molecule has 0 aromatic heterocycles. The van der Waals surface area contributed by atoms with Crippen LogP contribution in [0.1, 0.15) is 11.1 Å². The lowest BCUT2D eigenvalue weighted by atomic mass is 10.1. The summed E-state index contributed by atoms with van der Waals surface area (Å²) in [4.78, 5) is 10.4. The molecule has 5 heteroatoms. The molecule has 0 unspecified atom stereocenters. The van der Waals surface area contributed by atoms with E-state index in [9.17, 15) is 9.18 Å². The van der Waals surface area contributed by atoms with Crippen LogP contribution in [-0.2, 0) is 16.5 Å². The van der Waals surface area contributed by atoms with Crippen molar-refractivity contribution in [3.8, 4) is 0 Å². The van der Waals surface area contributed by atoms with Gasteiger partial charge in [-0.15, -0.1) is 0 Å². The molecule has 1 rings (SSSR count). The third kappa shape index (κ3) is 2.69. The van der Waals surface area contributed by atoms with E-state index in [4.69, 9.17) is 16.7 Å². The van der Waals surface area contributed by atoms with Crippen molar-refractivity contribution < 1.29 is 14.3 Å². The van der Waals surface area contributed by atoms with Crippen LogP contribution in [0.15, 0.2) is 12.1 Å². The molecule has 0 radical (unpaired) electrons. The van der Waals surface area contributed by atoms with Gasteiger partial charge in [-0.2, -0.15) is 0 Å². The molecule has 0 aliphatic carbocycles. The largest absolute Gasteiger partial charge is 0.481 e. The molecule has 0 aliphatic heterocycles. The van der Waals surface area contributed by atoms with Crippen LogP contribution >= 0.6 is 27.5 Å². The Morgan fingerprint density at radius 1 is 1.57 bits per heavy atom. The van der Waals surface area contributed by atoms with E-state index < -0.39 is 18.2 Å². The highest BCUT2D eigenvalue weighted by atomic mass is 79.9. The van der Waals surface area contributed by atoms with Gasteiger partial charge < -0.3 is 5.11 Å². The van der Waals surface area contributed by atoms with E-state index in [0.717, 1.165) is 0 Å². The fourth-order valence-electron chi connectivity index (χ4n) is 1.05. The molecule has 0 heterocycles. The van der Waals surface area contributed by atoms with Crippen molar-refractivity contribution in [3.05, 3.63) is 34.1 Å². The van der Waals surface area contributed by atoms with E-state index in [1.807, 2.05) is 0 Å². The number of carboxylic acid groups (broad SMARTS) is 1. The summed E-state index contributed by atoms with van der Waals surface area (Å²) in [6, 6.07) is 2.83. The van der Waals surface area contributed by atoms with Gasteiger partial charge in [-0.25, -0.2) is 4.39 Å². The zero-order chi connectivity index (χ0) is 10.7. The van der Waals surface area contributed by atoms with E-state index in [1.54, 1.807) is 6.07 Å². The summed E-state index contributed by atoms with van der Waals surface area (Å²) in [6.07, 6.45) is -0.396. The summed E-state index contributed by atoms with van der Waals surface area (Å²) in [5.41, 5.74) is 0.713. The summed E-state index contributed by atoms with van der Waals surface area (Å²) < 4.78 is 13.3. The maximum Gasteiger partial charge on any atom is 0.307 e. The molecule has 0 aliphatic rings. The zero-order valence-corrected chi connectivity index (χ0v) is 9.40. The van der Waals surface area contributed by atoms with Gasteiger partial charge in [0.25, 0.3) is 0 Å². The van der Waals surface area contributed by atoms with Gasteiger partial charge in [-0.1, -0.05) is 27.5 Å². The van der Waals surface area contributed by atoms with Crippen LogP contribution in [0, 0.1) is 5.82 Å². The number of carbonyl (C=O) groups is 1. The number of aliphatic carboxylic acids is 1. The Morgan fingerprint density at radius 3 is 2.64 bits per heavy atom. The Labute approximate surface area is 93.8 Å². The predicted molar refractivity (Wildman–Crippen MR) is 55.4 cm³/mol. The Balaban J connectivity index is 3.11. The molecular formula is C9H7BrClFO2. The van der Waals surface area contributed by atoms with Gasteiger partial charge in [0, 0.05) is 15.9 Å². The number of hydrogen-bond donors (Lipinski definition) is 1. The first-order chi connectivity index (χ1) is 6.54. The van der Waals surface area contributed by atoms with Gasteiger partial charge in [-0.05, 0) is 17.7 Å². The lowest BCUT2D eigenvalue weighted by molar-refractivity contribution is -0.136. The van der Waals surface area contributed by atoms with E-state index in [2.05, 4.69) is 15.9 Å². The van der Waals surface area contributed by atoms with E-state index in [1.165, 1.54) is 6.07 Å². The molecule has 0 bridgehead atoms. The Hall–Kier alpha value is -0.610. The highest BCUT2D eigenvalue weighted by Gasteiger charge is 2.12. The second kappa shape index (κ2) is 4.75. The lowest BCUT2D eigenvalue weighted by Crippen LogP contribution is -2.03. The fourth-order valence-corrected chi connectivity index (χ4v) is 1.67. The normalized spacial score (nSPS) is 10.2. The highest BCUT2D eigenvalue weighted by molar-refractivity contribution is 9.08. The maximum atomic E-state index is 13.3. The highest BCUT2D eigenvalue weighted by Crippen LogP contribution is 2.23. The summed E-state index contributed by atoms with van der Waals surface area (Å²) in [5, 5.41) is 9.15. The minimum atomic E-state index is -1.10. The molecule has 0 fully saturated rings. The van der Waals surface area contributed by atoms with Crippen LogP contribution in [0.5, 0.6) is 0 Å². The van der Waals surface area contributed by atoms with Crippen molar-refractivity contribution in [3.63, 3.8) is 0 Å². The van der Waals surface area contributed by atoms with Crippen molar-refractivity contribution in [2.45, 2.75) is 11.8 Å². The third-order valence-electron chi connectivity index (χ3n) is 1.68. The molecule has 1 aromatic carbocycles. The van der Waals surface area contributed by atoms with Crippen molar-refractivity contribution in [1.29, 1.82) is 0 Å². The molecule has 0 saturated carbocycles. The number of carboxylic acids is 1. The van der Waals surface area contributed by atoms with Crippen LogP contribution < -0.4 is 0 Å². The first-order valence-corrected chi connectivity index (χ1v) is 5.29. The third-order valence-corrected chi connectivity index (χ3v) is 2.67. The minimum Gasteiger partial charge on any atom is -0.481 e. The first kappa shape index (κ1) is 11.5. The molecule has 0 spiro atoms. The first-order valence-electron chi connectivity index (χ1n) is 3.79. The number of alkyl halides is 1. The van der Waals surface area contributed by atoms with Gasteiger partial charge >= 0.3 is 5.97 Å².